The first-order chi connectivity index (χ1) is 10.5. The Balaban J connectivity index is 1.76. The number of nitrogens with zero attached hydrogens (tertiary/aromatic N) is 1. The van der Waals surface area contributed by atoms with Crippen molar-refractivity contribution in [2.45, 2.75) is 45.1 Å². The highest BCUT2D eigenvalue weighted by Gasteiger charge is 2.17. The lowest BCUT2D eigenvalue weighted by Crippen LogP contribution is -2.29. The number of fused-ring (bicyclic) bond motifs is 1. The van der Waals surface area contributed by atoms with Crippen molar-refractivity contribution in [1.29, 1.82) is 0 Å². The molecule has 2 rings (SSSR count). The maximum atomic E-state index is 12.0. The molecule has 1 aliphatic rings. The van der Waals surface area contributed by atoms with Gasteiger partial charge in [0.1, 0.15) is 0 Å². The van der Waals surface area contributed by atoms with E-state index >= 15 is 0 Å². The van der Waals surface area contributed by atoms with Crippen LogP contribution in [0.4, 0.5) is 5.69 Å². The van der Waals surface area contributed by atoms with Crippen LogP contribution in [0.25, 0.3) is 0 Å². The first kappa shape index (κ1) is 16.5. The number of carbonyl (C=O) groups excluding carboxylic acids is 2. The number of nitrogens with one attached hydrogen (secondary N) is 1. The van der Waals surface area contributed by atoms with Crippen LogP contribution in [0.5, 0.6) is 0 Å². The average molecular weight is 304 g/mol. The van der Waals surface area contributed by atoms with Crippen molar-refractivity contribution in [3.63, 3.8) is 0 Å². The highest BCUT2D eigenvalue weighted by atomic mass is 16.3. The minimum atomic E-state index is -0.377. The quantitative estimate of drug-likeness (QED) is 0.806. The molecule has 0 fully saturated rings. The molecule has 0 bridgehead atoms. The normalized spacial score (nSPS) is 14.4. The SMILES string of the molecule is CC(O)CCN(C)C(=O)CCCc1ccc2c(c1)CC(=O)N2. The van der Waals surface area contributed by atoms with Crippen LogP contribution in [-0.2, 0) is 22.4 Å². The van der Waals surface area contributed by atoms with Crippen LogP contribution in [0.1, 0.15) is 37.3 Å². The van der Waals surface area contributed by atoms with Gasteiger partial charge < -0.3 is 15.3 Å². The van der Waals surface area contributed by atoms with E-state index in [9.17, 15) is 14.7 Å². The van der Waals surface area contributed by atoms with E-state index in [1.807, 2.05) is 12.1 Å². The van der Waals surface area contributed by atoms with Crippen LogP contribution in [0.15, 0.2) is 18.2 Å². The molecule has 1 aromatic rings. The van der Waals surface area contributed by atoms with Gasteiger partial charge in [0.25, 0.3) is 0 Å². The monoisotopic (exact) mass is 304 g/mol. The van der Waals surface area contributed by atoms with Gasteiger partial charge in [-0.25, -0.2) is 0 Å². The van der Waals surface area contributed by atoms with Gasteiger partial charge in [-0.2, -0.15) is 0 Å². The summed E-state index contributed by atoms with van der Waals surface area (Å²) < 4.78 is 0. The zero-order valence-corrected chi connectivity index (χ0v) is 13.3. The second-order valence-corrected chi connectivity index (χ2v) is 6.02. The number of aliphatic hydroxyl groups excluding tert-OH is 1. The second kappa shape index (κ2) is 7.40. The largest absolute Gasteiger partial charge is 0.393 e. The van der Waals surface area contributed by atoms with Crippen molar-refractivity contribution in [2.75, 3.05) is 18.9 Å². The minimum absolute atomic E-state index is 0.0436. The van der Waals surface area contributed by atoms with Crippen molar-refractivity contribution >= 4 is 17.5 Å². The third kappa shape index (κ3) is 4.56. The molecule has 5 nitrogen and oxygen atoms in total. The second-order valence-electron chi connectivity index (χ2n) is 6.02. The van der Waals surface area contributed by atoms with Gasteiger partial charge >= 0.3 is 0 Å². The fraction of sp³-hybridized carbons (Fsp3) is 0.529. The predicted octanol–water partition coefficient (Wildman–Crippen LogP) is 1.73. The van der Waals surface area contributed by atoms with E-state index < -0.39 is 0 Å². The van der Waals surface area contributed by atoms with Gasteiger partial charge in [-0.1, -0.05) is 12.1 Å². The van der Waals surface area contributed by atoms with E-state index in [4.69, 9.17) is 0 Å². The fourth-order valence-corrected chi connectivity index (χ4v) is 2.58. The van der Waals surface area contributed by atoms with Gasteiger partial charge in [-0.05, 0) is 43.4 Å². The Labute approximate surface area is 131 Å². The van der Waals surface area contributed by atoms with Crippen molar-refractivity contribution in [3.8, 4) is 0 Å². The van der Waals surface area contributed by atoms with E-state index in [1.165, 1.54) is 0 Å². The van der Waals surface area contributed by atoms with E-state index in [0.717, 1.165) is 29.7 Å². The van der Waals surface area contributed by atoms with Gasteiger partial charge in [0.15, 0.2) is 0 Å². The molecule has 0 saturated carbocycles. The number of rotatable bonds is 7. The van der Waals surface area contributed by atoms with Crippen LogP contribution < -0.4 is 5.32 Å². The summed E-state index contributed by atoms with van der Waals surface area (Å²) in [7, 11) is 1.78. The highest BCUT2D eigenvalue weighted by Crippen LogP contribution is 2.24. The van der Waals surface area contributed by atoms with Gasteiger partial charge in [0, 0.05) is 25.7 Å². The number of anilines is 1. The van der Waals surface area contributed by atoms with E-state index in [0.29, 0.717) is 25.8 Å². The minimum Gasteiger partial charge on any atom is -0.393 e. The molecule has 1 unspecified atom stereocenters. The summed E-state index contributed by atoms with van der Waals surface area (Å²) in [6, 6.07) is 5.99. The molecule has 0 saturated heterocycles. The Kier molecular flexibility index (Phi) is 5.55. The number of carbonyl (C=O) groups is 2. The summed E-state index contributed by atoms with van der Waals surface area (Å²) >= 11 is 0. The van der Waals surface area contributed by atoms with Gasteiger partial charge in [0.2, 0.25) is 11.8 Å². The van der Waals surface area contributed by atoms with E-state index in [-0.39, 0.29) is 17.9 Å². The molecule has 2 amide bonds. The zero-order valence-electron chi connectivity index (χ0n) is 13.3. The van der Waals surface area contributed by atoms with Crippen LogP contribution in [-0.4, -0.2) is 41.5 Å². The number of amides is 2. The molecule has 0 aliphatic carbocycles. The predicted molar refractivity (Wildman–Crippen MR) is 85.6 cm³/mol. The number of hydrogen-bond donors (Lipinski definition) is 2. The summed E-state index contributed by atoms with van der Waals surface area (Å²) in [6.07, 6.45) is 2.80. The number of aliphatic hydroxyl groups is 1. The molecule has 1 aliphatic heterocycles. The third-order valence-electron chi connectivity index (χ3n) is 3.96. The lowest BCUT2D eigenvalue weighted by molar-refractivity contribution is -0.130. The molecule has 1 aromatic carbocycles. The summed E-state index contributed by atoms with van der Waals surface area (Å²) in [5, 5.41) is 12.1. The smallest absolute Gasteiger partial charge is 0.228 e. The summed E-state index contributed by atoms with van der Waals surface area (Å²) in [6.45, 7) is 2.31. The Morgan fingerprint density at radius 1 is 1.45 bits per heavy atom. The van der Waals surface area contributed by atoms with Crippen molar-refractivity contribution < 1.29 is 14.7 Å². The first-order valence-electron chi connectivity index (χ1n) is 7.79. The lowest BCUT2D eigenvalue weighted by atomic mass is 10.0. The summed E-state index contributed by atoms with van der Waals surface area (Å²) in [5.74, 6) is 0.153. The maximum absolute atomic E-state index is 12.0. The molecule has 0 spiro atoms. The Morgan fingerprint density at radius 3 is 2.95 bits per heavy atom. The van der Waals surface area contributed by atoms with Crippen LogP contribution in [0.3, 0.4) is 0 Å². The van der Waals surface area contributed by atoms with Gasteiger partial charge in [0.05, 0.1) is 12.5 Å². The molecule has 5 heteroatoms. The maximum Gasteiger partial charge on any atom is 0.228 e. The van der Waals surface area contributed by atoms with Crippen LogP contribution in [0, 0.1) is 0 Å². The number of aryl methyl sites for hydroxylation is 1. The third-order valence-corrected chi connectivity index (χ3v) is 3.96. The Morgan fingerprint density at radius 2 is 2.23 bits per heavy atom. The molecule has 0 aromatic heterocycles. The topological polar surface area (TPSA) is 69.6 Å². The molecule has 0 radical (unpaired) electrons. The Hall–Kier alpha value is -1.88. The number of hydrogen-bond acceptors (Lipinski definition) is 3. The summed E-state index contributed by atoms with van der Waals surface area (Å²) in [4.78, 5) is 25.0. The van der Waals surface area contributed by atoms with E-state index in [2.05, 4.69) is 11.4 Å². The molecule has 2 N–H and O–H groups in total. The van der Waals surface area contributed by atoms with Gasteiger partial charge in [-0.15, -0.1) is 0 Å². The van der Waals surface area contributed by atoms with Crippen LogP contribution >= 0.6 is 0 Å². The standard InChI is InChI=1S/C17H24N2O3/c1-12(20)8-9-19(2)17(22)5-3-4-13-6-7-15-14(10-13)11-16(21)18-15/h6-7,10,12,20H,3-5,8-9,11H2,1-2H3,(H,18,21). The van der Waals surface area contributed by atoms with E-state index in [1.54, 1.807) is 18.9 Å². The molecule has 1 heterocycles. The van der Waals surface area contributed by atoms with Gasteiger partial charge in [-0.3, -0.25) is 9.59 Å². The highest BCUT2D eigenvalue weighted by molar-refractivity contribution is 5.99. The molecular formula is C17H24N2O3. The molecule has 120 valence electrons. The van der Waals surface area contributed by atoms with Crippen molar-refractivity contribution in [1.82, 2.24) is 4.90 Å². The van der Waals surface area contributed by atoms with Crippen LogP contribution in [0.2, 0.25) is 0 Å². The molecule has 22 heavy (non-hydrogen) atoms. The summed E-state index contributed by atoms with van der Waals surface area (Å²) in [5.41, 5.74) is 3.11. The zero-order chi connectivity index (χ0) is 16.1. The average Bonchev–Trinajstić information content (AvgIpc) is 2.83. The van der Waals surface area contributed by atoms with Crippen molar-refractivity contribution in [2.24, 2.45) is 0 Å². The number of benzene rings is 1. The Bertz CT molecular complexity index is 555. The fourth-order valence-electron chi connectivity index (χ4n) is 2.58. The molecule has 1 atom stereocenters. The van der Waals surface area contributed by atoms with Crippen molar-refractivity contribution in [3.05, 3.63) is 29.3 Å². The lowest BCUT2D eigenvalue weighted by Gasteiger charge is -2.18. The molecular weight excluding hydrogens is 280 g/mol. The first-order valence-corrected chi connectivity index (χ1v) is 7.79.